The molecule has 0 saturated carbocycles. The molecule has 0 radical (unpaired) electrons. The van der Waals surface area contributed by atoms with Gasteiger partial charge in [-0.3, -0.25) is 9.59 Å². The summed E-state index contributed by atoms with van der Waals surface area (Å²) in [6.45, 7) is -0.814. The minimum atomic E-state index is -1.86. The Morgan fingerprint density at radius 1 is 1.05 bits per heavy atom. The Morgan fingerprint density at radius 3 is 2.10 bits per heavy atom. The van der Waals surface area contributed by atoms with Crippen molar-refractivity contribution in [1.82, 2.24) is 0 Å². The third kappa shape index (κ3) is 3.69. The predicted molar refractivity (Wildman–Crippen MR) is 68.9 cm³/mol. The maximum atomic E-state index is 11.8. The average Bonchev–Trinajstić information content (AvgIpc) is 2.51. The molecule has 0 saturated heterocycles. The molecule has 0 amide bonds. The maximum Gasteiger partial charge on any atom is 0.230 e. The van der Waals surface area contributed by atoms with Gasteiger partial charge in [-0.1, -0.05) is 30.3 Å². The molecule has 4 atom stereocenters. The van der Waals surface area contributed by atoms with Crippen molar-refractivity contribution in [2.24, 2.45) is 5.73 Å². The van der Waals surface area contributed by atoms with E-state index in [9.17, 15) is 24.9 Å². The van der Waals surface area contributed by atoms with Crippen molar-refractivity contribution in [3.8, 4) is 0 Å². The lowest BCUT2D eigenvalue weighted by atomic mass is 9.94. The number of carbonyl (C=O) groups is 2. The van der Waals surface area contributed by atoms with Crippen molar-refractivity contribution in [2.45, 2.75) is 24.4 Å². The molecule has 1 rings (SSSR count). The Morgan fingerprint density at radius 2 is 1.60 bits per heavy atom. The van der Waals surface area contributed by atoms with E-state index in [1.165, 1.54) is 12.1 Å². The average molecular weight is 283 g/mol. The normalized spacial score (nSPS) is 17.1. The van der Waals surface area contributed by atoms with Crippen LogP contribution in [0.25, 0.3) is 0 Å². The number of aliphatic hydroxyl groups is 4. The van der Waals surface area contributed by atoms with Gasteiger partial charge in [0.15, 0.2) is 0 Å². The van der Waals surface area contributed by atoms with Crippen molar-refractivity contribution in [2.75, 3.05) is 6.61 Å². The van der Waals surface area contributed by atoms with Gasteiger partial charge in [0.1, 0.15) is 24.4 Å². The summed E-state index contributed by atoms with van der Waals surface area (Å²) in [7, 11) is 0. The number of hydrogen-bond donors (Lipinski definition) is 5. The second-order valence-corrected chi connectivity index (χ2v) is 4.32. The smallest absolute Gasteiger partial charge is 0.230 e. The van der Waals surface area contributed by atoms with Gasteiger partial charge in [0.05, 0.1) is 6.61 Å². The topological polar surface area (TPSA) is 141 Å². The van der Waals surface area contributed by atoms with Crippen LogP contribution in [0.4, 0.5) is 0 Å². The first-order chi connectivity index (χ1) is 9.40. The number of ketones is 2. The van der Waals surface area contributed by atoms with E-state index in [2.05, 4.69) is 0 Å². The summed E-state index contributed by atoms with van der Waals surface area (Å²) in [5.41, 5.74) is 5.53. The predicted octanol–water partition coefficient (Wildman–Crippen LogP) is -2.16. The van der Waals surface area contributed by atoms with E-state index in [0.29, 0.717) is 0 Å². The highest BCUT2D eigenvalue weighted by Gasteiger charge is 2.35. The van der Waals surface area contributed by atoms with E-state index in [0.717, 1.165) is 0 Å². The second kappa shape index (κ2) is 7.22. The van der Waals surface area contributed by atoms with Gasteiger partial charge >= 0.3 is 0 Å². The van der Waals surface area contributed by atoms with E-state index in [1.54, 1.807) is 18.2 Å². The number of benzene rings is 1. The molecular formula is C13H17NO6. The lowest BCUT2D eigenvalue weighted by Gasteiger charge is -2.25. The van der Waals surface area contributed by atoms with Crippen molar-refractivity contribution in [3.05, 3.63) is 35.9 Å². The highest BCUT2D eigenvalue weighted by molar-refractivity contribution is 6.45. The van der Waals surface area contributed by atoms with Crippen LogP contribution in [0.1, 0.15) is 10.4 Å². The van der Waals surface area contributed by atoms with Gasteiger partial charge < -0.3 is 26.2 Å². The summed E-state index contributed by atoms with van der Waals surface area (Å²) < 4.78 is 0. The number of carbonyl (C=O) groups excluding carboxylic acids is 2. The van der Waals surface area contributed by atoms with Gasteiger partial charge in [0, 0.05) is 5.56 Å². The van der Waals surface area contributed by atoms with E-state index in [4.69, 9.17) is 10.8 Å². The number of nitrogens with two attached hydrogens (primary N) is 1. The second-order valence-electron chi connectivity index (χ2n) is 4.32. The highest BCUT2D eigenvalue weighted by Crippen LogP contribution is 2.08. The molecule has 0 fully saturated rings. The van der Waals surface area contributed by atoms with E-state index in [1.807, 2.05) is 0 Å². The molecule has 0 spiro atoms. The summed E-state index contributed by atoms with van der Waals surface area (Å²) in [6.07, 6.45) is -5.35. The Bertz CT molecular complexity index is 463. The van der Waals surface area contributed by atoms with Gasteiger partial charge in [-0.15, -0.1) is 0 Å². The van der Waals surface area contributed by atoms with Gasteiger partial charge in [-0.05, 0) is 0 Å². The zero-order valence-electron chi connectivity index (χ0n) is 10.6. The van der Waals surface area contributed by atoms with Crippen molar-refractivity contribution < 1.29 is 30.0 Å². The quantitative estimate of drug-likeness (QED) is 0.283. The summed E-state index contributed by atoms with van der Waals surface area (Å²) >= 11 is 0. The number of hydrogen-bond acceptors (Lipinski definition) is 7. The molecule has 110 valence electrons. The molecule has 1 aromatic carbocycles. The lowest BCUT2D eigenvalue weighted by molar-refractivity contribution is -0.125. The molecule has 0 aromatic heterocycles. The minimum Gasteiger partial charge on any atom is -0.394 e. The maximum absolute atomic E-state index is 11.8. The van der Waals surface area contributed by atoms with Crippen molar-refractivity contribution >= 4 is 11.6 Å². The van der Waals surface area contributed by atoms with Crippen molar-refractivity contribution in [3.63, 3.8) is 0 Å². The Hall–Kier alpha value is -1.64. The Labute approximate surface area is 115 Å². The fraction of sp³-hybridized carbons (Fsp3) is 0.385. The third-order valence-electron chi connectivity index (χ3n) is 2.86. The first-order valence-electron chi connectivity index (χ1n) is 5.94. The van der Waals surface area contributed by atoms with E-state index < -0.39 is 42.5 Å². The molecule has 0 aliphatic heterocycles. The first-order valence-corrected chi connectivity index (χ1v) is 5.94. The largest absolute Gasteiger partial charge is 0.394 e. The zero-order valence-corrected chi connectivity index (χ0v) is 10.6. The van der Waals surface area contributed by atoms with Crippen LogP contribution in [0.3, 0.4) is 0 Å². The van der Waals surface area contributed by atoms with Gasteiger partial charge in [0.25, 0.3) is 0 Å². The fourth-order valence-electron chi connectivity index (χ4n) is 1.59. The zero-order chi connectivity index (χ0) is 15.3. The van der Waals surface area contributed by atoms with Crippen LogP contribution in [0.15, 0.2) is 30.3 Å². The van der Waals surface area contributed by atoms with Gasteiger partial charge in [0.2, 0.25) is 11.6 Å². The number of Topliss-reactive ketones (excluding diaryl/α,β-unsaturated/α-hetero) is 2. The van der Waals surface area contributed by atoms with Crippen LogP contribution in [0.5, 0.6) is 0 Å². The molecule has 0 aliphatic rings. The molecule has 0 unspecified atom stereocenters. The SMILES string of the molecule is N[C@@H](C(=O)C(=O)c1ccccc1)[C@@H](O)[C@H](O)[C@H](O)CO. The van der Waals surface area contributed by atoms with Crippen molar-refractivity contribution in [1.29, 1.82) is 0 Å². The van der Waals surface area contributed by atoms with Gasteiger partial charge in [-0.25, -0.2) is 0 Å². The van der Waals surface area contributed by atoms with Crippen LogP contribution in [0.2, 0.25) is 0 Å². The number of rotatable bonds is 7. The minimum absolute atomic E-state index is 0.109. The van der Waals surface area contributed by atoms with Crippen LogP contribution >= 0.6 is 0 Å². The monoisotopic (exact) mass is 283 g/mol. The summed E-state index contributed by atoms with van der Waals surface area (Å²) in [5, 5.41) is 36.9. The molecule has 20 heavy (non-hydrogen) atoms. The Kier molecular flexibility index (Phi) is 5.93. The van der Waals surface area contributed by atoms with Crippen LogP contribution in [-0.2, 0) is 4.79 Å². The lowest BCUT2D eigenvalue weighted by Crippen LogP contribution is -2.54. The Balaban J connectivity index is 2.79. The van der Waals surface area contributed by atoms with E-state index in [-0.39, 0.29) is 5.56 Å². The fourth-order valence-corrected chi connectivity index (χ4v) is 1.59. The third-order valence-corrected chi connectivity index (χ3v) is 2.86. The molecular weight excluding hydrogens is 266 g/mol. The summed E-state index contributed by atoms with van der Waals surface area (Å²) in [6, 6.07) is 5.92. The molecule has 0 bridgehead atoms. The van der Waals surface area contributed by atoms with Crippen LogP contribution in [0, 0.1) is 0 Å². The van der Waals surface area contributed by atoms with Gasteiger partial charge in [-0.2, -0.15) is 0 Å². The van der Waals surface area contributed by atoms with E-state index >= 15 is 0 Å². The summed E-state index contributed by atoms with van der Waals surface area (Å²) in [4.78, 5) is 23.6. The highest BCUT2D eigenvalue weighted by atomic mass is 16.4. The number of aliphatic hydroxyl groups excluding tert-OH is 4. The molecule has 6 N–H and O–H groups in total. The molecule has 0 heterocycles. The molecule has 0 aliphatic carbocycles. The first kappa shape index (κ1) is 16.4. The van der Waals surface area contributed by atoms with Crippen LogP contribution in [-0.4, -0.2) is 63.0 Å². The molecule has 1 aromatic rings. The molecule has 7 nitrogen and oxygen atoms in total. The molecule has 7 heteroatoms. The summed E-state index contributed by atoms with van der Waals surface area (Å²) in [5.74, 6) is -1.99. The van der Waals surface area contributed by atoms with Crippen LogP contribution < -0.4 is 5.73 Å². The standard InChI is InChI=1S/C13H17NO6/c14-9(13(20)11(18)8(16)6-15)12(19)10(17)7-4-2-1-3-5-7/h1-5,8-9,11,13,15-16,18,20H,6,14H2/t8-,9+,11-,13-/m1/s1.